The van der Waals surface area contributed by atoms with Crippen LogP contribution in [0.5, 0.6) is 0 Å². The molecule has 0 N–H and O–H groups in total. The molecule has 0 aliphatic carbocycles. The molecule has 1 heterocycles. The van der Waals surface area contributed by atoms with Crippen LogP contribution < -0.4 is 0 Å². The highest BCUT2D eigenvalue weighted by Crippen LogP contribution is 2.18. The van der Waals surface area contributed by atoms with Crippen molar-refractivity contribution in [2.24, 2.45) is 0 Å². The lowest BCUT2D eigenvalue weighted by atomic mass is 10.0. The van der Waals surface area contributed by atoms with Crippen molar-refractivity contribution < 1.29 is 0 Å². The molecule has 64 valence electrons. The van der Waals surface area contributed by atoms with Gasteiger partial charge in [0.15, 0.2) is 0 Å². The zero-order chi connectivity index (χ0) is 9.19. The van der Waals surface area contributed by atoms with Crippen molar-refractivity contribution in [1.82, 2.24) is 9.78 Å². The van der Waals surface area contributed by atoms with E-state index in [2.05, 4.69) is 33.8 Å². The Hall–Kier alpha value is -0.570. The lowest BCUT2D eigenvalue weighted by Gasteiger charge is -2.21. The minimum Gasteiger partial charge on any atom is -0.265 e. The quantitative estimate of drug-likeness (QED) is 0.776. The minimum atomic E-state index is -0.196. The molecule has 0 saturated heterocycles. The van der Waals surface area contributed by atoms with Gasteiger partial charge in [-0.2, -0.15) is 10.4 Å². The summed E-state index contributed by atoms with van der Waals surface area (Å²) in [7, 11) is 0. The molecule has 4 heteroatoms. The van der Waals surface area contributed by atoms with Gasteiger partial charge in [-0.25, -0.2) is 0 Å². The Kier molecular flexibility index (Phi) is 2.73. The molecule has 1 aromatic rings. The van der Waals surface area contributed by atoms with Crippen LogP contribution in [-0.2, 0) is 5.54 Å². The van der Waals surface area contributed by atoms with Crippen molar-refractivity contribution >= 4 is 22.6 Å². The van der Waals surface area contributed by atoms with E-state index in [9.17, 15) is 0 Å². The highest BCUT2D eigenvalue weighted by Gasteiger charge is 2.20. The van der Waals surface area contributed by atoms with Gasteiger partial charge in [-0.1, -0.05) is 0 Å². The van der Waals surface area contributed by atoms with Gasteiger partial charge in [0, 0.05) is 6.20 Å². The molecule has 0 atom stereocenters. The first kappa shape index (κ1) is 9.52. The summed E-state index contributed by atoms with van der Waals surface area (Å²) in [6.07, 6.45) is 4.21. The fourth-order valence-corrected chi connectivity index (χ4v) is 1.29. The maximum Gasteiger partial charge on any atom is 0.0701 e. The van der Waals surface area contributed by atoms with E-state index in [1.165, 1.54) is 0 Å². The molecular formula is C8H10IN3. The molecule has 0 aromatic carbocycles. The Morgan fingerprint density at radius 1 is 1.75 bits per heavy atom. The Bertz CT molecular complexity index is 308. The molecule has 0 aliphatic heterocycles. The second-order valence-corrected chi connectivity index (χ2v) is 4.50. The Morgan fingerprint density at radius 2 is 2.42 bits per heavy atom. The normalized spacial score (nSPS) is 11.2. The predicted octanol–water partition coefficient (Wildman–Crippen LogP) is 2.14. The van der Waals surface area contributed by atoms with Crippen LogP contribution in [0.1, 0.15) is 20.3 Å². The summed E-state index contributed by atoms with van der Waals surface area (Å²) in [5.41, 5.74) is -0.196. The van der Waals surface area contributed by atoms with Crippen LogP contribution >= 0.6 is 22.6 Å². The summed E-state index contributed by atoms with van der Waals surface area (Å²) in [6, 6.07) is 2.15. The third-order valence-corrected chi connectivity index (χ3v) is 2.24. The van der Waals surface area contributed by atoms with E-state index in [-0.39, 0.29) is 5.54 Å². The Balaban J connectivity index is 2.90. The van der Waals surface area contributed by atoms with Gasteiger partial charge in [0.1, 0.15) is 0 Å². The summed E-state index contributed by atoms with van der Waals surface area (Å²) in [4.78, 5) is 0. The average molecular weight is 275 g/mol. The van der Waals surface area contributed by atoms with Crippen molar-refractivity contribution in [3.8, 4) is 6.07 Å². The summed E-state index contributed by atoms with van der Waals surface area (Å²) in [5, 5.41) is 12.7. The average Bonchev–Trinajstić information content (AvgIpc) is 2.36. The minimum absolute atomic E-state index is 0.196. The first-order valence-electron chi connectivity index (χ1n) is 3.64. The van der Waals surface area contributed by atoms with Crippen molar-refractivity contribution in [3.63, 3.8) is 0 Å². The second-order valence-electron chi connectivity index (χ2n) is 3.25. The molecule has 1 aromatic heterocycles. The Labute approximate surface area is 85.5 Å². The largest absolute Gasteiger partial charge is 0.265 e. The third kappa shape index (κ3) is 1.97. The van der Waals surface area contributed by atoms with Gasteiger partial charge < -0.3 is 0 Å². The fourth-order valence-electron chi connectivity index (χ4n) is 0.906. The first-order chi connectivity index (χ1) is 5.56. The van der Waals surface area contributed by atoms with Gasteiger partial charge in [-0.15, -0.1) is 0 Å². The molecule has 0 aliphatic rings. The molecule has 0 radical (unpaired) electrons. The number of rotatable bonds is 2. The molecule has 0 amide bonds. The molecule has 0 bridgehead atoms. The van der Waals surface area contributed by atoms with E-state index < -0.39 is 0 Å². The summed E-state index contributed by atoms with van der Waals surface area (Å²) < 4.78 is 2.93. The predicted molar refractivity (Wildman–Crippen MR) is 54.5 cm³/mol. The molecular weight excluding hydrogens is 265 g/mol. The van der Waals surface area contributed by atoms with Gasteiger partial charge in [-0.3, -0.25) is 4.68 Å². The molecule has 12 heavy (non-hydrogen) atoms. The number of hydrogen-bond donors (Lipinski definition) is 0. The topological polar surface area (TPSA) is 41.6 Å². The van der Waals surface area contributed by atoms with Crippen molar-refractivity contribution in [3.05, 3.63) is 16.0 Å². The highest BCUT2D eigenvalue weighted by molar-refractivity contribution is 14.1. The van der Waals surface area contributed by atoms with Crippen LogP contribution in [0.15, 0.2) is 12.4 Å². The van der Waals surface area contributed by atoms with E-state index in [0.717, 1.165) is 3.57 Å². The van der Waals surface area contributed by atoms with Gasteiger partial charge in [0.2, 0.25) is 0 Å². The van der Waals surface area contributed by atoms with Crippen LogP contribution in [-0.4, -0.2) is 9.78 Å². The second kappa shape index (κ2) is 3.44. The number of nitrogens with zero attached hydrogens (tertiary/aromatic N) is 3. The monoisotopic (exact) mass is 275 g/mol. The molecule has 0 saturated carbocycles. The molecule has 3 nitrogen and oxygen atoms in total. The van der Waals surface area contributed by atoms with E-state index in [1.54, 1.807) is 6.20 Å². The lowest BCUT2D eigenvalue weighted by Crippen LogP contribution is -2.25. The molecule has 0 spiro atoms. The van der Waals surface area contributed by atoms with E-state index in [1.807, 2.05) is 24.7 Å². The van der Waals surface area contributed by atoms with Crippen LogP contribution in [0.25, 0.3) is 0 Å². The first-order valence-corrected chi connectivity index (χ1v) is 4.72. The van der Waals surface area contributed by atoms with Crippen LogP contribution in [0, 0.1) is 14.9 Å². The van der Waals surface area contributed by atoms with E-state index in [0.29, 0.717) is 6.42 Å². The van der Waals surface area contributed by atoms with Gasteiger partial charge in [-0.05, 0) is 36.4 Å². The van der Waals surface area contributed by atoms with Gasteiger partial charge in [0.05, 0.1) is 27.8 Å². The molecule has 1 rings (SSSR count). The summed E-state index contributed by atoms with van der Waals surface area (Å²) in [5.74, 6) is 0. The Morgan fingerprint density at radius 3 is 2.83 bits per heavy atom. The van der Waals surface area contributed by atoms with Crippen molar-refractivity contribution in [1.29, 1.82) is 5.26 Å². The zero-order valence-electron chi connectivity index (χ0n) is 7.08. The van der Waals surface area contributed by atoms with Crippen LogP contribution in [0.2, 0.25) is 0 Å². The smallest absolute Gasteiger partial charge is 0.0701 e. The summed E-state index contributed by atoms with van der Waals surface area (Å²) in [6.45, 7) is 4.00. The van der Waals surface area contributed by atoms with E-state index >= 15 is 0 Å². The standard InChI is InChI=1S/C8H10IN3/c1-8(2,3-4-10)12-6-7(9)5-11-12/h5-6H,3H2,1-2H3. The van der Waals surface area contributed by atoms with Crippen molar-refractivity contribution in [2.45, 2.75) is 25.8 Å². The van der Waals surface area contributed by atoms with Gasteiger partial charge >= 0.3 is 0 Å². The highest BCUT2D eigenvalue weighted by atomic mass is 127. The SMILES string of the molecule is CC(C)(CC#N)n1cc(I)cn1. The maximum absolute atomic E-state index is 8.58. The molecule has 0 fully saturated rings. The van der Waals surface area contributed by atoms with Crippen LogP contribution in [0.4, 0.5) is 0 Å². The number of halogens is 1. The third-order valence-electron chi connectivity index (χ3n) is 1.68. The number of hydrogen-bond acceptors (Lipinski definition) is 2. The fraction of sp³-hybridized carbons (Fsp3) is 0.500. The summed E-state index contributed by atoms with van der Waals surface area (Å²) >= 11 is 2.20. The maximum atomic E-state index is 8.58. The van der Waals surface area contributed by atoms with E-state index in [4.69, 9.17) is 5.26 Å². The zero-order valence-corrected chi connectivity index (χ0v) is 9.24. The number of aromatic nitrogens is 2. The lowest BCUT2D eigenvalue weighted by molar-refractivity contribution is 0.326. The van der Waals surface area contributed by atoms with Crippen LogP contribution in [0.3, 0.4) is 0 Å². The van der Waals surface area contributed by atoms with Gasteiger partial charge in [0.25, 0.3) is 0 Å². The van der Waals surface area contributed by atoms with Crippen molar-refractivity contribution in [2.75, 3.05) is 0 Å². The molecule has 0 unspecified atom stereocenters. The number of nitriles is 1.